The molecule has 2 fully saturated rings. The van der Waals surface area contributed by atoms with E-state index in [0.29, 0.717) is 11.8 Å². The van der Waals surface area contributed by atoms with Crippen molar-refractivity contribution in [2.75, 3.05) is 6.61 Å². The molecule has 3 rings (SSSR count). The van der Waals surface area contributed by atoms with E-state index in [2.05, 4.69) is 39.5 Å². The number of aliphatic hydroxyl groups is 2. The smallest absolute Gasteiger partial charge is 0.0618 e. The van der Waals surface area contributed by atoms with E-state index < -0.39 is 0 Å². The van der Waals surface area contributed by atoms with Crippen LogP contribution in [-0.2, 0) is 0 Å². The summed E-state index contributed by atoms with van der Waals surface area (Å²) < 4.78 is 0. The molecule has 124 valence electrons. The number of allylic oxidation sites excluding steroid dienone is 3. The molecule has 2 heteroatoms. The Kier molecular flexibility index (Phi) is 3.85. The molecule has 0 spiro atoms. The van der Waals surface area contributed by atoms with Gasteiger partial charge in [0.15, 0.2) is 0 Å². The zero-order valence-electron chi connectivity index (χ0n) is 14.4. The van der Waals surface area contributed by atoms with Crippen LogP contribution < -0.4 is 0 Å². The Morgan fingerprint density at radius 3 is 2.64 bits per heavy atom. The van der Waals surface area contributed by atoms with Gasteiger partial charge in [-0.15, -0.1) is 6.58 Å². The van der Waals surface area contributed by atoms with E-state index in [9.17, 15) is 10.2 Å². The largest absolute Gasteiger partial charge is 0.396 e. The third kappa shape index (κ3) is 2.14. The molecular formula is C20H32O2. The van der Waals surface area contributed by atoms with Gasteiger partial charge >= 0.3 is 0 Å². The molecule has 0 bridgehead atoms. The van der Waals surface area contributed by atoms with Gasteiger partial charge in [0.2, 0.25) is 0 Å². The highest BCUT2D eigenvalue weighted by molar-refractivity contribution is 5.25. The fraction of sp³-hybridized carbons (Fsp3) is 0.800. The van der Waals surface area contributed by atoms with E-state index >= 15 is 0 Å². The van der Waals surface area contributed by atoms with Crippen LogP contribution in [0, 0.1) is 28.1 Å². The minimum atomic E-state index is -0.368. The summed E-state index contributed by atoms with van der Waals surface area (Å²) >= 11 is 0. The van der Waals surface area contributed by atoms with E-state index in [1.165, 1.54) is 12.8 Å². The summed E-state index contributed by atoms with van der Waals surface area (Å²) in [5, 5.41) is 20.5. The van der Waals surface area contributed by atoms with Gasteiger partial charge in [-0.05, 0) is 61.2 Å². The standard InChI is InChI=1S/C20H32O2/c1-5-18(2)10-8-15-14(12-18)6-7-16-19(15,3)11-9-17(22)20(16,4)13-21/h5-6,15-17,21-22H,1,7-13H2,2-4H3/t15-,16+,17-,18-,19+,20+/m0/s1. The van der Waals surface area contributed by atoms with Crippen molar-refractivity contribution in [3.05, 3.63) is 24.3 Å². The minimum Gasteiger partial charge on any atom is -0.396 e. The average Bonchev–Trinajstić information content (AvgIpc) is 2.51. The van der Waals surface area contributed by atoms with Gasteiger partial charge in [-0.25, -0.2) is 0 Å². The molecule has 0 aliphatic heterocycles. The molecule has 0 aromatic rings. The highest BCUT2D eigenvalue weighted by Crippen LogP contribution is 2.63. The quantitative estimate of drug-likeness (QED) is 0.755. The fourth-order valence-corrected chi connectivity index (χ4v) is 5.86. The maximum atomic E-state index is 10.5. The second kappa shape index (κ2) is 5.21. The van der Waals surface area contributed by atoms with Gasteiger partial charge in [0.25, 0.3) is 0 Å². The predicted molar refractivity (Wildman–Crippen MR) is 90.4 cm³/mol. The Morgan fingerprint density at radius 2 is 2.00 bits per heavy atom. The van der Waals surface area contributed by atoms with Gasteiger partial charge in [-0.1, -0.05) is 38.5 Å². The number of rotatable bonds is 2. The fourth-order valence-electron chi connectivity index (χ4n) is 5.86. The Hall–Kier alpha value is -0.600. The average molecular weight is 304 g/mol. The summed E-state index contributed by atoms with van der Waals surface area (Å²) in [6.45, 7) is 11.0. The summed E-state index contributed by atoms with van der Waals surface area (Å²) in [6, 6.07) is 0. The van der Waals surface area contributed by atoms with Crippen molar-refractivity contribution in [2.24, 2.45) is 28.1 Å². The molecule has 22 heavy (non-hydrogen) atoms. The lowest BCUT2D eigenvalue weighted by Crippen LogP contribution is -2.57. The van der Waals surface area contributed by atoms with Crippen molar-refractivity contribution < 1.29 is 10.2 Å². The summed E-state index contributed by atoms with van der Waals surface area (Å²) in [6.07, 6.45) is 10.7. The van der Waals surface area contributed by atoms with Crippen molar-refractivity contribution in [2.45, 2.75) is 65.4 Å². The first-order chi connectivity index (χ1) is 10.3. The molecule has 2 N–H and O–H groups in total. The van der Waals surface area contributed by atoms with Gasteiger partial charge in [0, 0.05) is 5.41 Å². The van der Waals surface area contributed by atoms with Crippen LogP contribution in [0.25, 0.3) is 0 Å². The van der Waals surface area contributed by atoms with Crippen LogP contribution in [-0.4, -0.2) is 22.9 Å². The first-order valence-electron chi connectivity index (χ1n) is 8.90. The first-order valence-corrected chi connectivity index (χ1v) is 8.90. The zero-order valence-corrected chi connectivity index (χ0v) is 14.4. The van der Waals surface area contributed by atoms with Crippen LogP contribution in [0.15, 0.2) is 24.3 Å². The lowest BCUT2D eigenvalue weighted by Gasteiger charge is -2.60. The SMILES string of the molecule is C=C[C@@]1(C)CC[C@H]2C(=CC[C@@H]3[C@]2(C)CC[C@H](O)[C@]3(C)CO)C1. The maximum Gasteiger partial charge on any atom is 0.0618 e. The molecule has 2 saturated carbocycles. The molecule has 0 aromatic carbocycles. The third-order valence-electron chi connectivity index (χ3n) is 7.61. The Labute approximate surface area is 135 Å². The second-order valence-electron chi connectivity index (χ2n) is 8.92. The molecule has 0 unspecified atom stereocenters. The molecule has 0 saturated heterocycles. The van der Waals surface area contributed by atoms with Crippen molar-refractivity contribution in [1.29, 1.82) is 0 Å². The van der Waals surface area contributed by atoms with E-state index in [4.69, 9.17) is 0 Å². The van der Waals surface area contributed by atoms with Crippen molar-refractivity contribution in [3.63, 3.8) is 0 Å². The van der Waals surface area contributed by atoms with Gasteiger partial charge in [-0.3, -0.25) is 0 Å². The predicted octanol–water partition coefficient (Wildman–Crippen LogP) is 4.08. The van der Waals surface area contributed by atoms with Gasteiger partial charge in [-0.2, -0.15) is 0 Å². The summed E-state index contributed by atoms with van der Waals surface area (Å²) in [7, 11) is 0. The van der Waals surface area contributed by atoms with Crippen molar-refractivity contribution in [3.8, 4) is 0 Å². The molecule has 6 atom stereocenters. The topological polar surface area (TPSA) is 40.5 Å². The Balaban J connectivity index is 1.96. The molecule has 3 aliphatic rings. The molecule has 3 aliphatic carbocycles. The third-order valence-corrected chi connectivity index (χ3v) is 7.61. The monoisotopic (exact) mass is 304 g/mol. The van der Waals surface area contributed by atoms with Crippen molar-refractivity contribution in [1.82, 2.24) is 0 Å². The zero-order chi connectivity index (χ0) is 16.2. The van der Waals surface area contributed by atoms with Crippen LogP contribution >= 0.6 is 0 Å². The normalized spacial score (nSPS) is 51.5. The minimum absolute atomic E-state index is 0.0920. The number of fused-ring (bicyclic) bond motifs is 3. The second-order valence-corrected chi connectivity index (χ2v) is 8.92. The van der Waals surface area contributed by atoms with Gasteiger partial charge < -0.3 is 10.2 Å². The van der Waals surface area contributed by atoms with E-state index in [1.807, 2.05) is 0 Å². The van der Waals surface area contributed by atoms with E-state index in [1.54, 1.807) is 5.57 Å². The number of hydrogen-bond acceptors (Lipinski definition) is 2. The summed E-state index contributed by atoms with van der Waals surface area (Å²) in [5.74, 6) is 1.01. The molecule has 0 heterocycles. The number of hydrogen-bond donors (Lipinski definition) is 2. The Bertz CT molecular complexity index is 496. The molecule has 0 radical (unpaired) electrons. The van der Waals surface area contributed by atoms with Crippen LogP contribution in [0.3, 0.4) is 0 Å². The summed E-state index contributed by atoms with van der Waals surface area (Å²) in [5.41, 5.74) is 1.74. The lowest BCUT2D eigenvalue weighted by atomic mass is 9.45. The van der Waals surface area contributed by atoms with Crippen LogP contribution in [0.5, 0.6) is 0 Å². The highest BCUT2D eigenvalue weighted by Gasteiger charge is 2.58. The van der Waals surface area contributed by atoms with Gasteiger partial charge in [0.1, 0.15) is 0 Å². The molecular weight excluding hydrogens is 272 g/mol. The number of aliphatic hydroxyl groups excluding tert-OH is 2. The maximum absolute atomic E-state index is 10.5. The van der Waals surface area contributed by atoms with Crippen LogP contribution in [0.1, 0.15) is 59.3 Å². The summed E-state index contributed by atoms with van der Waals surface area (Å²) in [4.78, 5) is 0. The Morgan fingerprint density at radius 1 is 1.27 bits per heavy atom. The first kappa shape index (κ1) is 16.3. The molecule has 2 nitrogen and oxygen atoms in total. The van der Waals surface area contributed by atoms with E-state index in [0.717, 1.165) is 25.7 Å². The van der Waals surface area contributed by atoms with Crippen LogP contribution in [0.2, 0.25) is 0 Å². The van der Waals surface area contributed by atoms with Crippen molar-refractivity contribution >= 4 is 0 Å². The van der Waals surface area contributed by atoms with Gasteiger partial charge in [0.05, 0.1) is 12.7 Å². The highest BCUT2D eigenvalue weighted by atomic mass is 16.3. The molecule has 0 aromatic heterocycles. The van der Waals surface area contributed by atoms with Crippen LogP contribution in [0.4, 0.5) is 0 Å². The van der Waals surface area contributed by atoms with E-state index in [-0.39, 0.29) is 29.0 Å². The molecule has 0 amide bonds. The lowest BCUT2D eigenvalue weighted by molar-refractivity contribution is -0.147.